The monoisotopic (exact) mass is 431 g/mol. The summed E-state index contributed by atoms with van der Waals surface area (Å²) in [7, 11) is 0. The van der Waals surface area contributed by atoms with Crippen LogP contribution in [0.25, 0.3) is 0 Å². The van der Waals surface area contributed by atoms with E-state index in [-0.39, 0.29) is 5.91 Å². The second-order valence-electron chi connectivity index (χ2n) is 7.15. The minimum absolute atomic E-state index is 0.174. The average molecular weight is 432 g/mol. The number of aromatic nitrogens is 2. The van der Waals surface area contributed by atoms with Crippen LogP contribution in [0, 0.1) is 0 Å². The molecule has 6 heteroatoms. The number of ether oxygens (including phenoxy) is 1. The highest BCUT2D eigenvalue weighted by Gasteiger charge is 2.12. The van der Waals surface area contributed by atoms with E-state index in [1.807, 2.05) is 59.3 Å². The number of amides is 1. The van der Waals surface area contributed by atoms with Crippen LogP contribution in [0.15, 0.2) is 91.5 Å². The van der Waals surface area contributed by atoms with E-state index in [0.29, 0.717) is 29.5 Å². The number of imidazole rings is 1. The largest absolute Gasteiger partial charge is 0.488 e. The quantitative estimate of drug-likeness (QED) is 0.422. The van der Waals surface area contributed by atoms with E-state index in [1.54, 1.807) is 24.7 Å². The lowest BCUT2D eigenvalue weighted by Gasteiger charge is -2.12. The topological polar surface area (TPSA) is 56.2 Å². The molecule has 0 aliphatic heterocycles. The Balaban J connectivity index is 1.38. The van der Waals surface area contributed by atoms with Crippen molar-refractivity contribution < 1.29 is 9.53 Å². The molecule has 0 aliphatic rings. The highest BCUT2D eigenvalue weighted by molar-refractivity contribution is 6.30. The van der Waals surface area contributed by atoms with Crippen molar-refractivity contribution in [3.63, 3.8) is 0 Å². The molecule has 1 heterocycles. The van der Waals surface area contributed by atoms with Crippen molar-refractivity contribution in [1.82, 2.24) is 14.9 Å². The van der Waals surface area contributed by atoms with Crippen LogP contribution < -0.4 is 10.1 Å². The lowest BCUT2D eigenvalue weighted by Crippen LogP contribution is -2.23. The number of nitrogens with zero attached hydrogens (tertiary/aromatic N) is 2. The Labute approximate surface area is 186 Å². The van der Waals surface area contributed by atoms with E-state index in [9.17, 15) is 4.79 Å². The van der Waals surface area contributed by atoms with Crippen molar-refractivity contribution in [3.05, 3.63) is 119 Å². The van der Waals surface area contributed by atoms with Gasteiger partial charge in [-0.2, -0.15) is 0 Å². The smallest absolute Gasteiger partial charge is 0.255 e. The number of carbonyl (C=O) groups is 1. The Bertz CT molecular complexity index is 1140. The molecule has 3 aromatic carbocycles. The van der Waals surface area contributed by atoms with Crippen LogP contribution in [0.4, 0.5) is 0 Å². The maximum atomic E-state index is 12.8. The fourth-order valence-electron chi connectivity index (χ4n) is 3.23. The van der Waals surface area contributed by atoms with Gasteiger partial charge in [0.05, 0.1) is 11.9 Å². The van der Waals surface area contributed by atoms with Gasteiger partial charge in [0.15, 0.2) is 0 Å². The van der Waals surface area contributed by atoms with Gasteiger partial charge in [0, 0.05) is 30.5 Å². The molecule has 0 saturated carbocycles. The number of rotatable bonds is 8. The van der Waals surface area contributed by atoms with Gasteiger partial charge in [-0.25, -0.2) is 4.98 Å². The van der Waals surface area contributed by atoms with Crippen molar-refractivity contribution in [3.8, 4) is 5.75 Å². The molecule has 0 radical (unpaired) electrons. The Morgan fingerprint density at radius 1 is 0.968 bits per heavy atom. The summed E-state index contributed by atoms with van der Waals surface area (Å²) >= 11 is 5.93. The highest BCUT2D eigenvalue weighted by atomic mass is 35.5. The summed E-state index contributed by atoms with van der Waals surface area (Å²) in [4.78, 5) is 16.9. The molecule has 31 heavy (non-hydrogen) atoms. The number of benzene rings is 3. The van der Waals surface area contributed by atoms with Gasteiger partial charge in [-0.15, -0.1) is 0 Å². The van der Waals surface area contributed by atoms with E-state index in [0.717, 1.165) is 23.2 Å². The molecule has 0 bridgehead atoms. The van der Waals surface area contributed by atoms with Gasteiger partial charge in [0.1, 0.15) is 12.4 Å². The number of hydrogen-bond acceptors (Lipinski definition) is 3. The summed E-state index contributed by atoms with van der Waals surface area (Å²) in [5.41, 5.74) is 3.67. The second kappa shape index (κ2) is 9.96. The molecule has 1 aromatic heterocycles. The fourth-order valence-corrected chi connectivity index (χ4v) is 3.35. The van der Waals surface area contributed by atoms with Crippen LogP contribution in [-0.4, -0.2) is 15.5 Å². The summed E-state index contributed by atoms with van der Waals surface area (Å²) < 4.78 is 7.91. The van der Waals surface area contributed by atoms with Crippen LogP contribution in [0.2, 0.25) is 5.02 Å². The first kappa shape index (κ1) is 20.7. The van der Waals surface area contributed by atoms with Crippen molar-refractivity contribution in [2.75, 3.05) is 0 Å². The van der Waals surface area contributed by atoms with E-state index >= 15 is 0 Å². The molecule has 4 rings (SSSR count). The van der Waals surface area contributed by atoms with E-state index < -0.39 is 0 Å². The zero-order chi connectivity index (χ0) is 21.5. The van der Waals surface area contributed by atoms with Crippen LogP contribution in [0.3, 0.4) is 0 Å². The second-order valence-corrected chi connectivity index (χ2v) is 7.59. The lowest BCUT2D eigenvalue weighted by molar-refractivity contribution is 0.0946. The maximum absolute atomic E-state index is 12.8. The third-order valence-corrected chi connectivity index (χ3v) is 5.06. The third kappa shape index (κ3) is 5.74. The molecular formula is C25H22ClN3O2. The fraction of sp³-hybridized carbons (Fsp3) is 0.120. The molecule has 0 atom stereocenters. The van der Waals surface area contributed by atoms with Gasteiger partial charge in [-0.3, -0.25) is 4.79 Å². The summed E-state index contributed by atoms with van der Waals surface area (Å²) in [6.45, 7) is 1.53. The van der Waals surface area contributed by atoms with Crippen LogP contribution >= 0.6 is 11.6 Å². The lowest BCUT2D eigenvalue weighted by atomic mass is 10.1. The summed E-state index contributed by atoms with van der Waals surface area (Å²) in [6, 6.07) is 22.8. The predicted molar refractivity (Wildman–Crippen MR) is 121 cm³/mol. The van der Waals surface area contributed by atoms with Gasteiger partial charge in [-0.05, 0) is 41.0 Å². The first-order valence-electron chi connectivity index (χ1n) is 9.95. The Morgan fingerprint density at radius 3 is 2.58 bits per heavy atom. The summed E-state index contributed by atoms with van der Waals surface area (Å²) in [5.74, 6) is 0.371. The molecule has 0 aliphatic carbocycles. The van der Waals surface area contributed by atoms with Crippen molar-refractivity contribution in [2.24, 2.45) is 0 Å². The standard InChI is InChI=1S/C25H22ClN3O2/c26-22-10-8-19(9-11-22)17-31-24-7-2-1-6-23(24)25(30)28-15-20-4-3-5-21(14-20)16-29-13-12-27-18-29/h1-14,18H,15-17H2,(H,28,30). The van der Waals surface area contributed by atoms with Crippen LogP contribution in [-0.2, 0) is 19.7 Å². The summed E-state index contributed by atoms with van der Waals surface area (Å²) in [6.07, 6.45) is 5.47. The van der Waals surface area contributed by atoms with Gasteiger partial charge >= 0.3 is 0 Å². The molecule has 1 amide bonds. The first-order valence-corrected chi connectivity index (χ1v) is 10.3. The molecule has 0 saturated heterocycles. The van der Waals surface area contributed by atoms with Gasteiger partial charge in [0.25, 0.3) is 5.91 Å². The Morgan fingerprint density at radius 2 is 1.77 bits per heavy atom. The molecule has 1 N–H and O–H groups in total. The minimum Gasteiger partial charge on any atom is -0.488 e. The SMILES string of the molecule is O=C(NCc1cccc(Cn2ccnc2)c1)c1ccccc1OCc1ccc(Cl)cc1. The van der Waals surface area contributed by atoms with Crippen molar-refractivity contribution in [1.29, 1.82) is 0 Å². The number of carbonyl (C=O) groups excluding carboxylic acids is 1. The molecule has 156 valence electrons. The van der Waals surface area contributed by atoms with Crippen molar-refractivity contribution >= 4 is 17.5 Å². The van der Waals surface area contributed by atoms with E-state index in [1.165, 1.54) is 0 Å². The third-order valence-electron chi connectivity index (χ3n) is 4.81. The molecule has 5 nitrogen and oxygen atoms in total. The number of hydrogen-bond donors (Lipinski definition) is 1. The maximum Gasteiger partial charge on any atom is 0.255 e. The number of halogens is 1. The summed E-state index contributed by atoms with van der Waals surface area (Å²) in [5, 5.41) is 3.67. The molecule has 0 fully saturated rings. The zero-order valence-electron chi connectivity index (χ0n) is 16.9. The van der Waals surface area contributed by atoms with Crippen LogP contribution in [0.5, 0.6) is 5.75 Å². The van der Waals surface area contributed by atoms with E-state index in [2.05, 4.69) is 22.4 Å². The van der Waals surface area contributed by atoms with Gasteiger partial charge in [0.2, 0.25) is 0 Å². The predicted octanol–water partition coefficient (Wildman–Crippen LogP) is 5.09. The van der Waals surface area contributed by atoms with Crippen LogP contribution in [0.1, 0.15) is 27.0 Å². The first-order chi connectivity index (χ1) is 15.2. The van der Waals surface area contributed by atoms with Gasteiger partial charge in [-0.1, -0.05) is 60.1 Å². The Hall–Kier alpha value is -3.57. The van der Waals surface area contributed by atoms with Crippen molar-refractivity contribution in [2.45, 2.75) is 19.7 Å². The minimum atomic E-state index is -0.174. The zero-order valence-corrected chi connectivity index (χ0v) is 17.6. The van der Waals surface area contributed by atoms with E-state index in [4.69, 9.17) is 16.3 Å². The molecule has 0 unspecified atom stereocenters. The average Bonchev–Trinajstić information content (AvgIpc) is 3.30. The number of nitrogens with one attached hydrogen (secondary N) is 1. The Kier molecular flexibility index (Phi) is 6.65. The normalized spacial score (nSPS) is 10.6. The van der Waals surface area contributed by atoms with Gasteiger partial charge < -0.3 is 14.6 Å². The molecule has 0 spiro atoms. The highest BCUT2D eigenvalue weighted by Crippen LogP contribution is 2.20. The molecule has 4 aromatic rings. The number of para-hydroxylation sites is 1. The molecular weight excluding hydrogens is 410 g/mol.